The van der Waals surface area contributed by atoms with Crippen molar-refractivity contribution >= 4 is 11.8 Å². The minimum Gasteiger partial charge on any atom is -0.497 e. The van der Waals surface area contributed by atoms with Gasteiger partial charge in [0.05, 0.1) is 26.4 Å². The van der Waals surface area contributed by atoms with Gasteiger partial charge in [-0.3, -0.25) is 9.59 Å². The maximum Gasteiger partial charge on any atom is 0.303 e. The van der Waals surface area contributed by atoms with E-state index < -0.39 is 17.9 Å². The second-order valence-electron chi connectivity index (χ2n) is 5.91. The standard InChI is InChI=1S/C18H20O7/c1-9-8-24-18(23-5)14(9)17(25-10(2)19)16(20)12-6-11(21-3)7-13(22-4)15(12)18/h6-7,17H,8H2,1-5H3. The van der Waals surface area contributed by atoms with Crippen LogP contribution in [0.3, 0.4) is 0 Å². The summed E-state index contributed by atoms with van der Waals surface area (Å²) in [6.45, 7) is 3.33. The number of hydrogen-bond donors (Lipinski definition) is 0. The molecule has 1 aliphatic carbocycles. The third-order valence-electron chi connectivity index (χ3n) is 4.50. The Balaban J connectivity index is 2.34. The van der Waals surface area contributed by atoms with Crippen molar-refractivity contribution in [3.63, 3.8) is 0 Å². The van der Waals surface area contributed by atoms with Crippen molar-refractivity contribution < 1.29 is 33.3 Å². The second kappa shape index (κ2) is 6.16. The van der Waals surface area contributed by atoms with Gasteiger partial charge in [-0.2, -0.15) is 0 Å². The van der Waals surface area contributed by atoms with Crippen LogP contribution in [0.15, 0.2) is 23.3 Å². The summed E-state index contributed by atoms with van der Waals surface area (Å²) in [6, 6.07) is 3.24. The Hall–Kier alpha value is -2.38. The van der Waals surface area contributed by atoms with Crippen LogP contribution in [0.25, 0.3) is 0 Å². The van der Waals surface area contributed by atoms with Crippen LogP contribution in [-0.2, 0) is 24.8 Å². The fraction of sp³-hybridized carbons (Fsp3) is 0.444. The molecule has 1 aromatic rings. The number of esters is 1. The Bertz CT molecular complexity index is 780. The quantitative estimate of drug-likeness (QED) is 0.608. The molecule has 1 aromatic carbocycles. The van der Waals surface area contributed by atoms with Crippen molar-refractivity contribution in [1.82, 2.24) is 0 Å². The van der Waals surface area contributed by atoms with Crippen LogP contribution in [0.5, 0.6) is 11.5 Å². The van der Waals surface area contributed by atoms with Gasteiger partial charge in [0.25, 0.3) is 0 Å². The van der Waals surface area contributed by atoms with E-state index in [1.165, 1.54) is 28.3 Å². The molecule has 2 aliphatic rings. The Labute approximate surface area is 145 Å². The fourth-order valence-electron chi connectivity index (χ4n) is 3.47. The van der Waals surface area contributed by atoms with Gasteiger partial charge in [0.15, 0.2) is 6.10 Å². The number of ketones is 1. The van der Waals surface area contributed by atoms with E-state index in [0.29, 0.717) is 22.6 Å². The predicted octanol–water partition coefficient (Wildman–Crippen LogP) is 1.98. The molecule has 0 amide bonds. The highest BCUT2D eigenvalue weighted by molar-refractivity contribution is 6.07. The van der Waals surface area contributed by atoms with Gasteiger partial charge in [-0.25, -0.2) is 0 Å². The highest BCUT2D eigenvalue weighted by Gasteiger charge is 2.57. The number of ether oxygens (including phenoxy) is 5. The van der Waals surface area contributed by atoms with Gasteiger partial charge in [0.1, 0.15) is 11.5 Å². The molecule has 0 aromatic heterocycles. The molecule has 0 N–H and O–H groups in total. The number of fused-ring (bicyclic) bond motifs is 3. The van der Waals surface area contributed by atoms with Gasteiger partial charge in [-0.05, 0) is 18.6 Å². The normalized spacial score (nSPS) is 24.7. The summed E-state index contributed by atoms with van der Waals surface area (Å²) in [6.07, 6.45) is -1.11. The monoisotopic (exact) mass is 348 g/mol. The number of benzene rings is 1. The molecule has 0 spiro atoms. The van der Waals surface area contributed by atoms with E-state index in [1.807, 2.05) is 6.92 Å². The SMILES string of the molecule is COc1cc(OC)c2c(c1)C(=O)C(OC(C)=O)C1=C(C)COC12OC. The van der Waals surface area contributed by atoms with Crippen LogP contribution in [0.4, 0.5) is 0 Å². The minimum absolute atomic E-state index is 0.253. The zero-order chi connectivity index (χ0) is 18.4. The lowest BCUT2D eigenvalue weighted by Gasteiger charge is -2.39. The van der Waals surface area contributed by atoms with Gasteiger partial charge in [-0.1, -0.05) is 0 Å². The van der Waals surface area contributed by atoms with Crippen LogP contribution in [0.2, 0.25) is 0 Å². The van der Waals surface area contributed by atoms with Crippen molar-refractivity contribution in [2.45, 2.75) is 25.7 Å². The molecule has 0 fully saturated rings. The lowest BCUT2D eigenvalue weighted by molar-refractivity contribution is -0.195. The van der Waals surface area contributed by atoms with Crippen molar-refractivity contribution in [1.29, 1.82) is 0 Å². The largest absolute Gasteiger partial charge is 0.497 e. The van der Waals surface area contributed by atoms with Crippen molar-refractivity contribution in [3.8, 4) is 11.5 Å². The number of hydrogen-bond acceptors (Lipinski definition) is 7. The van der Waals surface area contributed by atoms with E-state index in [2.05, 4.69) is 0 Å². The summed E-state index contributed by atoms with van der Waals surface area (Å²) >= 11 is 0. The average Bonchev–Trinajstić information content (AvgIpc) is 2.95. The molecule has 1 heterocycles. The fourth-order valence-corrected chi connectivity index (χ4v) is 3.47. The van der Waals surface area contributed by atoms with Gasteiger partial charge >= 0.3 is 5.97 Å². The summed E-state index contributed by atoms with van der Waals surface area (Å²) in [5.74, 6) is -1.42. The summed E-state index contributed by atoms with van der Waals surface area (Å²) in [5.41, 5.74) is 2.01. The molecule has 7 nitrogen and oxygen atoms in total. The number of Topliss-reactive ketones (excluding diaryl/α,β-unsaturated/α-hetero) is 1. The molecular weight excluding hydrogens is 328 g/mol. The molecule has 25 heavy (non-hydrogen) atoms. The second-order valence-corrected chi connectivity index (χ2v) is 5.91. The van der Waals surface area contributed by atoms with Gasteiger partial charge < -0.3 is 23.7 Å². The van der Waals surface area contributed by atoms with E-state index >= 15 is 0 Å². The van der Waals surface area contributed by atoms with E-state index in [1.54, 1.807) is 12.1 Å². The molecule has 0 saturated carbocycles. The number of rotatable bonds is 4. The van der Waals surface area contributed by atoms with Crippen LogP contribution in [-0.4, -0.2) is 45.8 Å². The number of methoxy groups -OCH3 is 3. The van der Waals surface area contributed by atoms with Crippen LogP contribution < -0.4 is 9.47 Å². The van der Waals surface area contributed by atoms with E-state index in [9.17, 15) is 9.59 Å². The average molecular weight is 348 g/mol. The first-order valence-corrected chi connectivity index (χ1v) is 7.76. The first-order chi connectivity index (χ1) is 11.9. The van der Waals surface area contributed by atoms with Gasteiger partial charge in [0, 0.05) is 31.2 Å². The third kappa shape index (κ3) is 2.42. The molecule has 1 aliphatic heterocycles. The molecule has 3 rings (SSSR count). The molecular formula is C18H20O7. The number of carbonyl (C=O) groups excluding carboxylic acids is 2. The minimum atomic E-state index is -1.34. The van der Waals surface area contributed by atoms with E-state index in [4.69, 9.17) is 23.7 Å². The lowest BCUT2D eigenvalue weighted by atomic mass is 9.78. The van der Waals surface area contributed by atoms with E-state index in [0.717, 1.165) is 5.57 Å². The first kappa shape index (κ1) is 17.4. The highest BCUT2D eigenvalue weighted by atomic mass is 16.7. The van der Waals surface area contributed by atoms with Gasteiger partial charge in [-0.15, -0.1) is 0 Å². The third-order valence-corrected chi connectivity index (χ3v) is 4.50. The van der Waals surface area contributed by atoms with Crippen molar-refractivity contribution in [2.24, 2.45) is 0 Å². The Kier molecular flexibility index (Phi) is 4.30. The molecule has 0 saturated heterocycles. The highest BCUT2D eigenvalue weighted by Crippen LogP contribution is 2.53. The number of carbonyl (C=O) groups is 2. The molecule has 134 valence electrons. The molecule has 2 unspecified atom stereocenters. The van der Waals surface area contributed by atoms with Crippen LogP contribution >= 0.6 is 0 Å². The Morgan fingerprint density at radius 3 is 2.52 bits per heavy atom. The van der Waals surface area contributed by atoms with Crippen molar-refractivity contribution in [3.05, 3.63) is 34.4 Å². The Morgan fingerprint density at radius 2 is 1.96 bits per heavy atom. The predicted molar refractivity (Wildman–Crippen MR) is 86.8 cm³/mol. The van der Waals surface area contributed by atoms with E-state index in [-0.39, 0.29) is 18.0 Å². The molecule has 2 atom stereocenters. The summed E-state index contributed by atoms with van der Waals surface area (Å²) in [4.78, 5) is 24.7. The maximum atomic E-state index is 13.1. The first-order valence-electron chi connectivity index (χ1n) is 7.76. The molecule has 0 radical (unpaired) electrons. The maximum absolute atomic E-state index is 13.1. The molecule has 7 heteroatoms. The summed E-state index contributed by atoms with van der Waals surface area (Å²) in [5, 5.41) is 0. The topological polar surface area (TPSA) is 80.3 Å². The molecule has 0 bridgehead atoms. The van der Waals surface area contributed by atoms with Crippen LogP contribution in [0, 0.1) is 0 Å². The smallest absolute Gasteiger partial charge is 0.303 e. The summed E-state index contributed by atoms with van der Waals surface area (Å²) in [7, 11) is 4.46. The zero-order valence-corrected chi connectivity index (χ0v) is 14.8. The summed E-state index contributed by atoms with van der Waals surface area (Å²) < 4.78 is 27.7. The lowest BCUT2D eigenvalue weighted by Crippen LogP contribution is -2.46. The zero-order valence-electron chi connectivity index (χ0n) is 14.8. The Morgan fingerprint density at radius 1 is 1.24 bits per heavy atom. The van der Waals surface area contributed by atoms with Gasteiger partial charge in [0.2, 0.25) is 11.6 Å². The van der Waals surface area contributed by atoms with Crippen molar-refractivity contribution in [2.75, 3.05) is 27.9 Å². The van der Waals surface area contributed by atoms with Crippen LogP contribution in [0.1, 0.15) is 29.8 Å².